The number of H-pyrrole nitrogens is 1. The Morgan fingerprint density at radius 3 is 2.85 bits per heavy atom. The standard InChI is InChI=1S/C8H9N5/c9-7(13-10)8-11-5-3-1-2-4-6(5)12-8/h1-4H,10H2,(H2,9,13)(H,11,12). The maximum absolute atomic E-state index is 5.49. The molecular weight excluding hydrogens is 166 g/mol. The van der Waals surface area contributed by atoms with Gasteiger partial charge in [-0.15, -0.1) is 0 Å². The topological polar surface area (TPSA) is 93.1 Å². The lowest BCUT2D eigenvalue weighted by atomic mass is 10.3. The van der Waals surface area contributed by atoms with E-state index in [1.165, 1.54) is 0 Å². The van der Waals surface area contributed by atoms with Gasteiger partial charge in [0.05, 0.1) is 11.0 Å². The number of aromatic nitrogens is 2. The summed E-state index contributed by atoms with van der Waals surface area (Å²) in [5, 5.41) is 3.35. The first-order valence-corrected chi connectivity index (χ1v) is 3.80. The number of fused-ring (bicyclic) bond motifs is 1. The zero-order valence-corrected chi connectivity index (χ0v) is 6.86. The normalized spacial score (nSPS) is 12.2. The van der Waals surface area contributed by atoms with E-state index in [2.05, 4.69) is 15.1 Å². The maximum Gasteiger partial charge on any atom is 0.186 e. The molecule has 0 aliphatic rings. The van der Waals surface area contributed by atoms with Crippen LogP contribution in [-0.2, 0) is 0 Å². The van der Waals surface area contributed by atoms with Gasteiger partial charge in [-0.05, 0) is 12.1 Å². The Bertz CT molecular complexity index is 423. The van der Waals surface area contributed by atoms with Gasteiger partial charge in [0.1, 0.15) is 0 Å². The third-order valence-corrected chi connectivity index (χ3v) is 1.77. The number of nitrogens with one attached hydrogen (secondary N) is 1. The van der Waals surface area contributed by atoms with E-state index in [1.807, 2.05) is 24.3 Å². The molecule has 1 aromatic carbocycles. The van der Waals surface area contributed by atoms with Crippen LogP contribution in [0.4, 0.5) is 0 Å². The van der Waals surface area contributed by atoms with Gasteiger partial charge in [0.25, 0.3) is 0 Å². The van der Waals surface area contributed by atoms with E-state index < -0.39 is 0 Å². The second-order valence-electron chi connectivity index (χ2n) is 2.62. The number of hydrogen-bond donors (Lipinski definition) is 3. The largest absolute Gasteiger partial charge is 0.379 e. The predicted octanol–water partition coefficient (Wildman–Crippen LogP) is 0.142. The summed E-state index contributed by atoms with van der Waals surface area (Å²) in [5.41, 5.74) is 7.26. The van der Waals surface area contributed by atoms with Crippen molar-refractivity contribution in [3.63, 3.8) is 0 Å². The van der Waals surface area contributed by atoms with Gasteiger partial charge in [-0.25, -0.2) is 4.98 Å². The minimum atomic E-state index is 0.205. The number of hydrogen-bond acceptors (Lipinski definition) is 3. The Morgan fingerprint density at radius 2 is 2.15 bits per heavy atom. The van der Waals surface area contributed by atoms with Crippen LogP contribution < -0.4 is 11.6 Å². The zero-order chi connectivity index (χ0) is 9.26. The SMILES string of the molecule is NN=C(N)c1nc2ccccc2[nH]1. The fourth-order valence-corrected chi connectivity index (χ4v) is 1.14. The molecule has 0 radical (unpaired) electrons. The van der Waals surface area contributed by atoms with Gasteiger partial charge in [-0.2, -0.15) is 5.10 Å². The molecule has 2 aromatic rings. The van der Waals surface area contributed by atoms with Gasteiger partial charge in [0.15, 0.2) is 11.7 Å². The molecule has 5 nitrogen and oxygen atoms in total. The predicted molar refractivity (Wildman–Crippen MR) is 51.0 cm³/mol. The van der Waals surface area contributed by atoms with Gasteiger partial charge in [-0.3, -0.25) is 0 Å². The van der Waals surface area contributed by atoms with Crippen LogP contribution in [0.1, 0.15) is 5.82 Å². The summed E-state index contributed by atoms with van der Waals surface area (Å²) in [4.78, 5) is 7.19. The van der Waals surface area contributed by atoms with Gasteiger partial charge >= 0.3 is 0 Å². The van der Waals surface area contributed by atoms with Crippen LogP contribution in [0.25, 0.3) is 11.0 Å². The summed E-state index contributed by atoms with van der Waals surface area (Å²) in [7, 11) is 0. The van der Waals surface area contributed by atoms with Crippen molar-refractivity contribution in [2.45, 2.75) is 0 Å². The summed E-state index contributed by atoms with van der Waals surface area (Å²) in [6, 6.07) is 7.62. The van der Waals surface area contributed by atoms with Crippen molar-refractivity contribution in [1.29, 1.82) is 0 Å². The van der Waals surface area contributed by atoms with Crippen LogP contribution in [0.15, 0.2) is 29.4 Å². The van der Waals surface area contributed by atoms with Crippen molar-refractivity contribution in [1.82, 2.24) is 9.97 Å². The van der Waals surface area contributed by atoms with E-state index in [0.29, 0.717) is 5.82 Å². The first kappa shape index (κ1) is 7.60. The summed E-state index contributed by atoms with van der Waals surface area (Å²) in [5.74, 6) is 5.74. The summed E-state index contributed by atoms with van der Waals surface area (Å²) in [6.45, 7) is 0. The molecule has 0 bridgehead atoms. The van der Waals surface area contributed by atoms with Crippen molar-refractivity contribution in [2.24, 2.45) is 16.7 Å². The van der Waals surface area contributed by atoms with E-state index >= 15 is 0 Å². The number of para-hydroxylation sites is 2. The fourth-order valence-electron chi connectivity index (χ4n) is 1.14. The Hall–Kier alpha value is -2.04. The minimum absolute atomic E-state index is 0.205. The molecule has 5 heteroatoms. The highest BCUT2D eigenvalue weighted by atomic mass is 15.2. The molecule has 5 N–H and O–H groups in total. The van der Waals surface area contributed by atoms with Gasteiger partial charge in [-0.1, -0.05) is 12.1 Å². The van der Waals surface area contributed by atoms with E-state index in [-0.39, 0.29) is 5.84 Å². The summed E-state index contributed by atoms with van der Waals surface area (Å²) >= 11 is 0. The molecule has 0 aliphatic heterocycles. The number of imidazole rings is 1. The van der Waals surface area contributed by atoms with Crippen LogP contribution in [-0.4, -0.2) is 15.8 Å². The molecule has 0 amide bonds. The molecule has 66 valence electrons. The highest BCUT2D eigenvalue weighted by molar-refractivity contribution is 5.96. The third-order valence-electron chi connectivity index (χ3n) is 1.77. The quantitative estimate of drug-likeness (QED) is 0.249. The first-order chi connectivity index (χ1) is 6.31. The average molecular weight is 175 g/mol. The molecule has 2 rings (SSSR count). The van der Waals surface area contributed by atoms with Crippen molar-refractivity contribution in [3.8, 4) is 0 Å². The molecular formula is C8H9N5. The third kappa shape index (κ3) is 1.20. The number of hydrazone groups is 1. The summed E-state index contributed by atoms with van der Waals surface area (Å²) in [6.07, 6.45) is 0. The minimum Gasteiger partial charge on any atom is -0.379 e. The molecule has 0 saturated heterocycles. The van der Waals surface area contributed by atoms with E-state index in [4.69, 9.17) is 11.6 Å². The Morgan fingerprint density at radius 1 is 1.38 bits per heavy atom. The summed E-state index contributed by atoms with van der Waals surface area (Å²) < 4.78 is 0. The second kappa shape index (κ2) is 2.78. The monoisotopic (exact) mass is 175 g/mol. The first-order valence-electron chi connectivity index (χ1n) is 3.80. The molecule has 1 aromatic heterocycles. The average Bonchev–Trinajstić information content (AvgIpc) is 2.59. The van der Waals surface area contributed by atoms with Crippen LogP contribution in [0.3, 0.4) is 0 Å². The molecule has 0 spiro atoms. The maximum atomic E-state index is 5.49. The van der Waals surface area contributed by atoms with Crippen LogP contribution in [0.5, 0.6) is 0 Å². The van der Waals surface area contributed by atoms with Gasteiger partial charge in [0, 0.05) is 0 Å². The molecule has 0 saturated carbocycles. The number of aromatic amines is 1. The van der Waals surface area contributed by atoms with E-state index in [1.54, 1.807) is 0 Å². The number of benzene rings is 1. The molecule has 1 heterocycles. The van der Waals surface area contributed by atoms with E-state index in [9.17, 15) is 0 Å². The fraction of sp³-hybridized carbons (Fsp3) is 0. The lowest BCUT2D eigenvalue weighted by molar-refractivity contribution is 1.18. The van der Waals surface area contributed by atoms with Crippen molar-refractivity contribution in [2.75, 3.05) is 0 Å². The van der Waals surface area contributed by atoms with Gasteiger partial charge in [0.2, 0.25) is 0 Å². The van der Waals surface area contributed by atoms with E-state index in [0.717, 1.165) is 11.0 Å². The smallest absolute Gasteiger partial charge is 0.186 e. The van der Waals surface area contributed by atoms with Gasteiger partial charge < -0.3 is 16.6 Å². The second-order valence-corrected chi connectivity index (χ2v) is 2.62. The number of nitrogens with zero attached hydrogens (tertiary/aromatic N) is 2. The lowest BCUT2D eigenvalue weighted by Crippen LogP contribution is -2.16. The number of rotatable bonds is 1. The Balaban J connectivity index is 2.62. The highest BCUT2D eigenvalue weighted by Crippen LogP contribution is 2.09. The van der Waals surface area contributed by atoms with Crippen molar-refractivity contribution < 1.29 is 0 Å². The van der Waals surface area contributed by atoms with Crippen LogP contribution in [0.2, 0.25) is 0 Å². The number of amidine groups is 1. The van der Waals surface area contributed by atoms with Crippen LogP contribution >= 0.6 is 0 Å². The Labute approximate surface area is 74.5 Å². The molecule has 13 heavy (non-hydrogen) atoms. The van der Waals surface area contributed by atoms with Crippen LogP contribution in [0, 0.1) is 0 Å². The highest BCUT2D eigenvalue weighted by Gasteiger charge is 2.04. The Kier molecular flexibility index (Phi) is 1.63. The molecule has 0 unspecified atom stereocenters. The number of nitrogens with two attached hydrogens (primary N) is 2. The van der Waals surface area contributed by atoms with Crippen molar-refractivity contribution >= 4 is 16.9 Å². The molecule has 0 atom stereocenters. The zero-order valence-electron chi connectivity index (χ0n) is 6.86. The van der Waals surface area contributed by atoms with Crippen molar-refractivity contribution in [3.05, 3.63) is 30.1 Å². The molecule has 0 aliphatic carbocycles. The molecule has 0 fully saturated rings. The lowest BCUT2D eigenvalue weighted by Gasteiger charge is -1.89.